The zero-order chi connectivity index (χ0) is 26.9. The third-order valence-electron chi connectivity index (χ3n) is 5.42. The summed E-state index contributed by atoms with van der Waals surface area (Å²) in [5, 5.41) is 3.25. The second kappa shape index (κ2) is 12.4. The highest BCUT2D eigenvalue weighted by Gasteiger charge is 2.24. The fourth-order valence-electron chi connectivity index (χ4n) is 3.59. The summed E-state index contributed by atoms with van der Waals surface area (Å²) in [5.41, 5.74) is 14.9. The number of nitrogens with zero attached hydrogens (tertiary/aromatic N) is 3. The van der Waals surface area contributed by atoms with Crippen molar-refractivity contribution in [1.82, 2.24) is 20.3 Å². The number of carbonyl (C=O) groups is 3. The van der Waals surface area contributed by atoms with Crippen molar-refractivity contribution in [3.63, 3.8) is 0 Å². The molecular formula is C26H30N6O5. The topological polar surface area (TPSA) is 172 Å². The summed E-state index contributed by atoms with van der Waals surface area (Å²) < 4.78 is 9.94. The fourth-order valence-corrected chi connectivity index (χ4v) is 3.59. The largest absolute Gasteiger partial charge is 0.466 e. The van der Waals surface area contributed by atoms with Crippen LogP contribution in [0.2, 0.25) is 0 Å². The zero-order valence-corrected chi connectivity index (χ0v) is 21.0. The van der Waals surface area contributed by atoms with Gasteiger partial charge in [-0.15, -0.1) is 0 Å². The number of hydrogen-bond acceptors (Lipinski definition) is 10. The first-order valence-corrected chi connectivity index (χ1v) is 11.8. The molecular weight excluding hydrogens is 476 g/mol. The maximum absolute atomic E-state index is 12.8. The smallest absolute Gasteiger partial charge is 0.328 e. The SMILES string of the molecule is CCOC(=O)CC[C@H](NC(=O)c1ccc(/C(C)=C/c2cnc3nc(N)nc(N)c3c2)cc1)C(=O)OCC. The van der Waals surface area contributed by atoms with Gasteiger partial charge in [-0.25, -0.2) is 9.78 Å². The molecule has 11 nitrogen and oxygen atoms in total. The lowest BCUT2D eigenvalue weighted by Crippen LogP contribution is -2.42. The van der Waals surface area contributed by atoms with Gasteiger partial charge in [0.05, 0.1) is 18.6 Å². The molecule has 2 aromatic heterocycles. The summed E-state index contributed by atoms with van der Waals surface area (Å²) in [4.78, 5) is 49.1. The first-order chi connectivity index (χ1) is 17.7. The Morgan fingerprint density at radius 3 is 2.38 bits per heavy atom. The van der Waals surface area contributed by atoms with Gasteiger partial charge >= 0.3 is 11.9 Å². The quantitative estimate of drug-likeness (QED) is 0.347. The van der Waals surface area contributed by atoms with E-state index in [1.165, 1.54) is 0 Å². The Labute approximate surface area is 214 Å². The number of aromatic nitrogens is 3. The van der Waals surface area contributed by atoms with Gasteiger partial charge in [0.2, 0.25) is 5.95 Å². The van der Waals surface area contributed by atoms with Crippen molar-refractivity contribution >= 4 is 52.3 Å². The van der Waals surface area contributed by atoms with Crippen molar-refractivity contribution in [2.45, 2.75) is 39.7 Å². The van der Waals surface area contributed by atoms with E-state index >= 15 is 0 Å². The normalized spacial score (nSPS) is 12.1. The molecule has 0 unspecified atom stereocenters. The number of benzene rings is 1. The van der Waals surface area contributed by atoms with Crippen LogP contribution in [0.15, 0.2) is 36.5 Å². The minimum Gasteiger partial charge on any atom is -0.466 e. The second-order valence-corrected chi connectivity index (χ2v) is 8.13. The molecule has 37 heavy (non-hydrogen) atoms. The summed E-state index contributed by atoms with van der Waals surface area (Å²) in [5.74, 6) is -1.19. The molecule has 0 aliphatic heterocycles. The number of anilines is 2. The average Bonchev–Trinajstić information content (AvgIpc) is 2.87. The number of nitrogens with two attached hydrogens (primary N) is 2. The van der Waals surface area contributed by atoms with Gasteiger partial charge in [0.25, 0.3) is 5.91 Å². The summed E-state index contributed by atoms with van der Waals surface area (Å²) in [6.07, 6.45) is 3.63. The van der Waals surface area contributed by atoms with Gasteiger partial charge in [-0.05, 0) is 68.2 Å². The van der Waals surface area contributed by atoms with Gasteiger partial charge < -0.3 is 26.3 Å². The molecule has 3 aromatic rings. The van der Waals surface area contributed by atoms with Crippen molar-refractivity contribution in [3.8, 4) is 0 Å². The Morgan fingerprint density at radius 1 is 1.03 bits per heavy atom. The fraction of sp³-hybridized carbons (Fsp3) is 0.308. The third-order valence-corrected chi connectivity index (χ3v) is 5.42. The van der Waals surface area contributed by atoms with Gasteiger partial charge in [-0.2, -0.15) is 9.97 Å². The number of carbonyl (C=O) groups excluding carboxylic acids is 3. The highest BCUT2D eigenvalue weighted by atomic mass is 16.5. The molecule has 0 fully saturated rings. The van der Waals surface area contributed by atoms with Crippen molar-refractivity contribution in [2.75, 3.05) is 24.7 Å². The first-order valence-electron chi connectivity index (χ1n) is 11.8. The number of pyridine rings is 1. The maximum atomic E-state index is 12.8. The van der Waals surface area contributed by atoms with E-state index in [0.29, 0.717) is 16.6 Å². The van der Waals surface area contributed by atoms with Gasteiger partial charge in [-0.1, -0.05) is 12.1 Å². The highest BCUT2D eigenvalue weighted by molar-refractivity contribution is 5.97. The number of fused-ring (bicyclic) bond motifs is 1. The molecule has 194 valence electrons. The molecule has 1 amide bonds. The molecule has 0 spiro atoms. The number of allylic oxidation sites excluding steroid dienone is 1. The van der Waals surface area contributed by atoms with Gasteiger partial charge in [0, 0.05) is 18.2 Å². The van der Waals surface area contributed by atoms with Crippen molar-refractivity contribution in [1.29, 1.82) is 0 Å². The molecule has 5 N–H and O–H groups in total. The average molecular weight is 507 g/mol. The van der Waals surface area contributed by atoms with E-state index in [1.54, 1.807) is 44.3 Å². The van der Waals surface area contributed by atoms with Crippen LogP contribution >= 0.6 is 0 Å². The van der Waals surface area contributed by atoms with Crippen LogP contribution in [0.25, 0.3) is 22.7 Å². The van der Waals surface area contributed by atoms with Crippen LogP contribution in [0.3, 0.4) is 0 Å². The van der Waals surface area contributed by atoms with E-state index in [9.17, 15) is 14.4 Å². The summed E-state index contributed by atoms with van der Waals surface area (Å²) in [6, 6.07) is 7.77. The Hall–Kier alpha value is -4.54. The molecule has 0 radical (unpaired) electrons. The molecule has 2 heterocycles. The zero-order valence-electron chi connectivity index (χ0n) is 21.0. The Morgan fingerprint density at radius 2 is 1.70 bits per heavy atom. The highest BCUT2D eigenvalue weighted by Crippen LogP contribution is 2.22. The van der Waals surface area contributed by atoms with E-state index in [2.05, 4.69) is 20.3 Å². The van der Waals surface area contributed by atoms with E-state index < -0.39 is 23.9 Å². The molecule has 11 heteroatoms. The van der Waals surface area contributed by atoms with E-state index in [-0.39, 0.29) is 37.8 Å². The molecule has 0 aliphatic carbocycles. The number of amides is 1. The first kappa shape index (κ1) is 27.1. The Bertz CT molecular complexity index is 1320. The predicted octanol–water partition coefficient (Wildman–Crippen LogP) is 2.75. The van der Waals surface area contributed by atoms with Crippen LogP contribution in [0.1, 0.15) is 55.1 Å². The minimum absolute atomic E-state index is 0.0185. The lowest BCUT2D eigenvalue weighted by molar-refractivity contribution is -0.146. The van der Waals surface area contributed by atoms with E-state index in [1.807, 2.05) is 19.1 Å². The molecule has 3 rings (SSSR count). The monoisotopic (exact) mass is 506 g/mol. The third kappa shape index (κ3) is 7.23. The Balaban J connectivity index is 1.72. The standard InChI is InChI=1S/C26H30N6O5/c1-4-36-21(33)11-10-20(25(35)37-5-2)30-24(34)18-8-6-17(7-9-18)15(3)12-16-13-19-22(27)31-26(28)32-23(19)29-14-16/h6-9,12-14,20H,4-5,10-11H2,1-3H3,(H,30,34)(H4,27,28,29,31,32)/b15-12+/t20-/m0/s1. The molecule has 1 atom stereocenters. The molecule has 0 bridgehead atoms. The second-order valence-electron chi connectivity index (χ2n) is 8.13. The van der Waals surface area contributed by atoms with Crippen molar-refractivity contribution in [2.24, 2.45) is 0 Å². The number of esters is 2. The van der Waals surface area contributed by atoms with Crippen LogP contribution in [-0.4, -0.2) is 52.1 Å². The van der Waals surface area contributed by atoms with Crippen LogP contribution < -0.4 is 16.8 Å². The predicted molar refractivity (Wildman–Crippen MR) is 140 cm³/mol. The van der Waals surface area contributed by atoms with Gasteiger partial charge in [-0.3, -0.25) is 9.59 Å². The maximum Gasteiger partial charge on any atom is 0.328 e. The van der Waals surface area contributed by atoms with Crippen molar-refractivity contribution in [3.05, 3.63) is 53.2 Å². The summed E-state index contributed by atoms with van der Waals surface area (Å²) >= 11 is 0. The van der Waals surface area contributed by atoms with Crippen LogP contribution in [-0.2, 0) is 19.1 Å². The lowest BCUT2D eigenvalue weighted by Gasteiger charge is -2.17. The molecule has 0 aliphatic rings. The number of rotatable bonds is 10. The van der Waals surface area contributed by atoms with Crippen molar-refractivity contribution < 1.29 is 23.9 Å². The van der Waals surface area contributed by atoms with Crippen LogP contribution in [0.5, 0.6) is 0 Å². The van der Waals surface area contributed by atoms with E-state index in [0.717, 1.165) is 16.7 Å². The van der Waals surface area contributed by atoms with E-state index in [4.69, 9.17) is 20.9 Å². The van der Waals surface area contributed by atoms with Gasteiger partial charge in [0.1, 0.15) is 11.9 Å². The minimum atomic E-state index is -0.967. The molecule has 0 saturated carbocycles. The number of nitrogen functional groups attached to an aromatic ring is 2. The Kier molecular flexibility index (Phi) is 9.09. The summed E-state index contributed by atoms with van der Waals surface area (Å²) in [7, 11) is 0. The lowest BCUT2D eigenvalue weighted by atomic mass is 10.0. The van der Waals surface area contributed by atoms with Gasteiger partial charge in [0.15, 0.2) is 5.65 Å². The molecule has 1 aromatic carbocycles. The van der Waals surface area contributed by atoms with Crippen LogP contribution in [0, 0.1) is 0 Å². The van der Waals surface area contributed by atoms with Crippen LogP contribution in [0.4, 0.5) is 11.8 Å². The number of hydrogen-bond donors (Lipinski definition) is 3. The number of nitrogens with one attached hydrogen (secondary N) is 1. The molecule has 0 saturated heterocycles. The summed E-state index contributed by atoms with van der Waals surface area (Å²) in [6.45, 7) is 5.69. The number of ether oxygens (including phenoxy) is 2.